The molecule has 2 aromatic carbocycles. The van der Waals surface area contributed by atoms with Crippen LogP contribution in [0.25, 0.3) is 0 Å². The Morgan fingerprint density at radius 2 is 1.80 bits per heavy atom. The Morgan fingerprint density at radius 3 is 2.40 bits per heavy atom. The van der Waals surface area contributed by atoms with Crippen LogP contribution in [0.3, 0.4) is 0 Å². The van der Waals surface area contributed by atoms with Crippen LogP contribution in [0.2, 0.25) is 0 Å². The highest BCUT2D eigenvalue weighted by molar-refractivity contribution is 14.1. The van der Waals surface area contributed by atoms with E-state index in [0.717, 1.165) is 6.42 Å². The zero-order chi connectivity index (χ0) is 14.7. The van der Waals surface area contributed by atoms with Crippen molar-refractivity contribution in [1.29, 1.82) is 0 Å². The van der Waals surface area contributed by atoms with Gasteiger partial charge in [-0.15, -0.1) is 0 Å². The highest BCUT2D eigenvalue weighted by Gasteiger charge is 2.16. The number of benzene rings is 2. The van der Waals surface area contributed by atoms with E-state index in [-0.39, 0.29) is 0 Å². The monoisotopic (exact) mass is 443 g/mol. The lowest BCUT2D eigenvalue weighted by molar-refractivity contribution is 0.586. The molecular weight excluding hydrogens is 425 g/mol. The largest absolute Gasteiger partial charge is 0.313 e. The molecule has 0 aliphatic carbocycles. The second kappa shape index (κ2) is 7.05. The van der Waals surface area contributed by atoms with Crippen molar-refractivity contribution in [2.45, 2.75) is 26.3 Å². The highest BCUT2D eigenvalue weighted by atomic mass is 127. The van der Waals surface area contributed by atoms with Gasteiger partial charge >= 0.3 is 0 Å². The Labute approximate surface area is 143 Å². The van der Waals surface area contributed by atoms with Gasteiger partial charge in [-0.25, -0.2) is 0 Å². The van der Waals surface area contributed by atoms with Gasteiger partial charge in [-0.3, -0.25) is 0 Å². The van der Waals surface area contributed by atoms with Crippen molar-refractivity contribution >= 4 is 38.5 Å². The predicted molar refractivity (Wildman–Crippen MR) is 98.3 cm³/mol. The lowest BCUT2D eigenvalue weighted by atomic mass is 9.93. The van der Waals surface area contributed by atoms with E-state index in [1.165, 1.54) is 30.3 Å². The molecule has 0 spiro atoms. The highest BCUT2D eigenvalue weighted by Crippen LogP contribution is 2.29. The molecule has 0 aliphatic heterocycles. The molecular formula is C17H19BrIN. The van der Waals surface area contributed by atoms with Gasteiger partial charge in [0.1, 0.15) is 0 Å². The number of hydrogen-bond acceptors (Lipinski definition) is 1. The number of hydrogen-bond donors (Lipinski definition) is 1. The van der Waals surface area contributed by atoms with Crippen molar-refractivity contribution in [3.8, 4) is 0 Å². The number of halogens is 2. The van der Waals surface area contributed by atoms with Crippen molar-refractivity contribution < 1.29 is 0 Å². The third-order valence-corrected chi connectivity index (χ3v) is 5.13. The maximum Gasteiger partial charge on any atom is 0.0370 e. The first-order valence-electron chi connectivity index (χ1n) is 6.70. The summed E-state index contributed by atoms with van der Waals surface area (Å²) < 4.78 is 2.44. The molecule has 0 amide bonds. The van der Waals surface area contributed by atoms with E-state index in [2.05, 4.69) is 94.1 Å². The van der Waals surface area contributed by atoms with Gasteiger partial charge in [0.2, 0.25) is 0 Å². The lowest BCUT2D eigenvalue weighted by Gasteiger charge is -2.21. The summed E-state index contributed by atoms with van der Waals surface area (Å²) in [4.78, 5) is 0. The summed E-state index contributed by atoms with van der Waals surface area (Å²) in [6, 6.07) is 13.3. The molecule has 1 atom stereocenters. The van der Waals surface area contributed by atoms with Gasteiger partial charge in [0.25, 0.3) is 0 Å². The fourth-order valence-electron chi connectivity index (χ4n) is 2.52. The summed E-state index contributed by atoms with van der Waals surface area (Å²) >= 11 is 6.05. The van der Waals surface area contributed by atoms with Crippen molar-refractivity contribution in [2.24, 2.45) is 0 Å². The Balaban J connectivity index is 2.36. The Bertz CT molecular complexity index is 590. The minimum atomic E-state index is 0.318. The molecule has 0 heterocycles. The minimum Gasteiger partial charge on any atom is -0.313 e. The van der Waals surface area contributed by atoms with Crippen molar-refractivity contribution in [1.82, 2.24) is 5.32 Å². The lowest BCUT2D eigenvalue weighted by Crippen LogP contribution is -2.20. The number of rotatable bonds is 4. The molecule has 3 heteroatoms. The van der Waals surface area contributed by atoms with E-state index in [4.69, 9.17) is 0 Å². The summed E-state index contributed by atoms with van der Waals surface area (Å²) in [7, 11) is 2.03. The third kappa shape index (κ3) is 3.62. The Hall–Kier alpha value is -0.390. The van der Waals surface area contributed by atoms with Crippen LogP contribution >= 0.6 is 38.5 Å². The molecule has 0 saturated carbocycles. The fourth-order valence-corrected chi connectivity index (χ4v) is 3.56. The molecule has 20 heavy (non-hydrogen) atoms. The standard InChI is InChI=1S/C17H19BrIN/c1-11-5-4-6-12(2)14(11)10-17(20-3)15-9-13(19)7-8-16(15)18/h4-9,17,20H,10H2,1-3H3. The normalized spacial score (nSPS) is 12.4. The Kier molecular flexibility index (Phi) is 5.64. The van der Waals surface area contributed by atoms with E-state index >= 15 is 0 Å². The zero-order valence-corrected chi connectivity index (χ0v) is 15.7. The van der Waals surface area contributed by atoms with Crippen LogP contribution < -0.4 is 5.32 Å². The van der Waals surface area contributed by atoms with Crippen LogP contribution in [-0.4, -0.2) is 7.05 Å². The first kappa shape index (κ1) is 16.0. The predicted octanol–water partition coefficient (Wildman–Crippen LogP) is 5.17. The van der Waals surface area contributed by atoms with Crippen LogP contribution in [0.1, 0.15) is 28.3 Å². The van der Waals surface area contributed by atoms with E-state index in [1.54, 1.807) is 0 Å². The molecule has 1 unspecified atom stereocenters. The summed E-state index contributed by atoms with van der Waals surface area (Å²) in [6.45, 7) is 4.39. The van der Waals surface area contributed by atoms with Crippen molar-refractivity contribution in [3.63, 3.8) is 0 Å². The maximum atomic E-state index is 3.68. The average molecular weight is 444 g/mol. The zero-order valence-electron chi connectivity index (χ0n) is 12.0. The van der Waals surface area contributed by atoms with Gasteiger partial charge in [-0.1, -0.05) is 34.1 Å². The molecule has 0 bridgehead atoms. The topological polar surface area (TPSA) is 12.0 Å². The summed E-state index contributed by atoms with van der Waals surface area (Å²) in [5.41, 5.74) is 5.50. The van der Waals surface area contributed by atoms with Gasteiger partial charge in [0.05, 0.1) is 0 Å². The second-order valence-electron chi connectivity index (χ2n) is 5.08. The number of aryl methyl sites for hydroxylation is 2. The van der Waals surface area contributed by atoms with Crippen LogP contribution in [0, 0.1) is 17.4 Å². The van der Waals surface area contributed by atoms with Gasteiger partial charge in [-0.05, 0) is 90.4 Å². The fraction of sp³-hybridized carbons (Fsp3) is 0.294. The van der Waals surface area contributed by atoms with Gasteiger partial charge in [0, 0.05) is 14.1 Å². The SMILES string of the molecule is CNC(Cc1c(C)cccc1C)c1cc(I)ccc1Br. The van der Waals surface area contributed by atoms with Gasteiger partial charge in [0.15, 0.2) is 0 Å². The van der Waals surface area contributed by atoms with Crippen LogP contribution in [0.15, 0.2) is 40.9 Å². The summed E-state index contributed by atoms with van der Waals surface area (Å²) in [5, 5.41) is 3.46. The number of likely N-dealkylation sites (N-methyl/N-ethyl adjacent to an activating group) is 1. The second-order valence-corrected chi connectivity index (χ2v) is 7.18. The Morgan fingerprint density at radius 1 is 1.15 bits per heavy atom. The molecule has 0 aliphatic rings. The molecule has 1 N–H and O–H groups in total. The van der Waals surface area contributed by atoms with Gasteiger partial charge < -0.3 is 5.32 Å². The van der Waals surface area contributed by atoms with E-state index in [9.17, 15) is 0 Å². The smallest absolute Gasteiger partial charge is 0.0370 e. The van der Waals surface area contributed by atoms with Crippen LogP contribution in [-0.2, 0) is 6.42 Å². The number of nitrogens with one attached hydrogen (secondary N) is 1. The molecule has 2 aromatic rings. The van der Waals surface area contributed by atoms with Crippen LogP contribution in [0.5, 0.6) is 0 Å². The average Bonchev–Trinajstić information content (AvgIpc) is 2.42. The molecule has 2 rings (SSSR count). The summed E-state index contributed by atoms with van der Waals surface area (Å²) in [6.07, 6.45) is 1.01. The first-order valence-corrected chi connectivity index (χ1v) is 8.57. The van der Waals surface area contributed by atoms with E-state index in [1.807, 2.05) is 7.05 Å². The molecule has 0 aromatic heterocycles. The van der Waals surface area contributed by atoms with E-state index in [0.29, 0.717) is 6.04 Å². The summed E-state index contributed by atoms with van der Waals surface area (Å²) in [5.74, 6) is 0. The van der Waals surface area contributed by atoms with Crippen molar-refractivity contribution in [2.75, 3.05) is 7.05 Å². The maximum absolute atomic E-state index is 3.68. The molecule has 106 valence electrons. The minimum absolute atomic E-state index is 0.318. The molecule has 0 saturated heterocycles. The van der Waals surface area contributed by atoms with Gasteiger partial charge in [-0.2, -0.15) is 0 Å². The van der Waals surface area contributed by atoms with E-state index < -0.39 is 0 Å². The first-order chi connectivity index (χ1) is 9.52. The third-order valence-electron chi connectivity index (χ3n) is 3.73. The van der Waals surface area contributed by atoms with Crippen molar-refractivity contribution in [3.05, 3.63) is 66.7 Å². The molecule has 0 radical (unpaired) electrons. The van der Waals surface area contributed by atoms with Crippen LogP contribution in [0.4, 0.5) is 0 Å². The molecule has 1 nitrogen and oxygen atoms in total. The molecule has 0 fully saturated rings. The quantitative estimate of drug-likeness (QED) is 0.642.